The van der Waals surface area contributed by atoms with Crippen molar-refractivity contribution in [2.24, 2.45) is 7.05 Å². The summed E-state index contributed by atoms with van der Waals surface area (Å²) in [5.41, 5.74) is 1.74. The number of hydrogen-bond acceptors (Lipinski definition) is 6. The first-order valence-electron chi connectivity index (χ1n) is 9.35. The Kier molecular flexibility index (Phi) is 6.54. The van der Waals surface area contributed by atoms with E-state index in [1.54, 1.807) is 24.4 Å². The first-order chi connectivity index (χ1) is 15.3. The summed E-state index contributed by atoms with van der Waals surface area (Å²) in [6.07, 6.45) is 0. The zero-order chi connectivity index (χ0) is 22.8. The van der Waals surface area contributed by atoms with Crippen molar-refractivity contribution in [2.45, 2.75) is 17.3 Å². The molecule has 11 heteroatoms. The van der Waals surface area contributed by atoms with Crippen molar-refractivity contribution in [3.8, 4) is 22.6 Å². The molecule has 1 atom stereocenters. The van der Waals surface area contributed by atoms with Gasteiger partial charge < -0.3 is 9.88 Å². The van der Waals surface area contributed by atoms with Gasteiger partial charge in [0, 0.05) is 28.6 Å². The molecule has 4 rings (SSSR count). The van der Waals surface area contributed by atoms with E-state index in [1.165, 1.54) is 29.2 Å². The van der Waals surface area contributed by atoms with E-state index in [0.29, 0.717) is 32.4 Å². The highest BCUT2D eigenvalue weighted by Crippen LogP contribution is 2.29. The van der Waals surface area contributed by atoms with Gasteiger partial charge in [0.15, 0.2) is 27.7 Å². The first-order valence-corrected chi connectivity index (χ1v) is 11.5. The Labute approximate surface area is 195 Å². The summed E-state index contributed by atoms with van der Waals surface area (Å²) in [6.45, 7) is 1.75. The number of carbonyl (C=O) groups excluding carboxylic acids is 1. The zero-order valence-corrected chi connectivity index (χ0v) is 19.2. The normalized spacial score (nSPS) is 12.0. The number of carbonyl (C=O) groups is 1. The molecule has 0 radical (unpaired) electrons. The molecule has 0 aliphatic rings. The summed E-state index contributed by atoms with van der Waals surface area (Å²) in [6, 6.07) is 10.8. The third kappa shape index (κ3) is 4.82. The maximum atomic E-state index is 13.5. The molecule has 2 aromatic heterocycles. The first kappa shape index (κ1) is 22.4. The quantitative estimate of drug-likeness (QED) is 0.352. The van der Waals surface area contributed by atoms with Gasteiger partial charge in [-0.25, -0.2) is 13.8 Å². The SMILES string of the molecule is CC(Sc1nnc(-c2ccc(Cl)cc2)n1C)C(=O)Nc1nc(-c2ccc(F)c(F)c2)cs1. The van der Waals surface area contributed by atoms with Crippen molar-refractivity contribution in [1.82, 2.24) is 19.7 Å². The lowest BCUT2D eigenvalue weighted by atomic mass is 10.2. The monoisotopic (exact) mass is 491 g/mol. The van der Waals surface area contributed by atoms with Crippen molar-refractivity contribution in [3.05, 3.63) is 64.5 Å². The Balaban J connectivity index is 1.42. The van der Waals surface area contributed by atoms with Gasteiger partial charge in [-0.15, -0.1) is 21.5 Å². The minimum Gasteiger partial charge on any atom is -0.305 e. The molecule has 0 saturated carbocycles. The third-order valence-electron chi connectivity index (χ3n) is 4.54. The second kappa shape index (κ2) is 9.35. The molecule has 0 fully saturated rings. The van der Waals surface area contributed by atoms with Crippen LogP contribution >= 0.6 is 34.7 Å². The molecule has 0 spiro atoms. The van der Waals surface area contributed by atoms with Crippen LogP contribution in [0.25, 0.3) is 22.6 Å². The van der Waals surface area contributed by atoms with Gasteiger partial charge in [-0.05, 0) is 49.4 Å². The summed E-state index contributed by atoms with van der Waals surface area (Å²) in [7, 11) is 1.83. The Hall–Kier alpha value is -2.82. The van der Waals surface area contributed by atoms with Crippen LogP contribution in [0.4, 0.5) is 13.9 Å². The van der Waals surface area contributed by atoms with Gasteiger partial charge in [0.05, 0.1) is 10.9 Å². The van der Waals surface area contributed by atoms with Crippen molar-refractivity contribution >= 4 is 45.7 Å². The van der Waals surface area contributed by atoms with Crippen molar-refractivity contribution in [1.29, 1.82) is 0 Å². The maximum absolute atomic E-state index is 13.5. The van der Waals surface area contributed by atoms with Gasteiger partial charge in [-0.1, -0.05) is 23.4 Å². The van der Waals surface area contributed by atoms with Gasteiger partial charge in [0.25, 0.3) is 0 Å². The highest BCUT2D eigenvalue weighted by atomic mass is 35.5. The number of amides is 1. The van der Waals surface area contributed by atoms with E-state index in [4.69, 9.17) is 11.6 Å². The van der Waals surface area contributed by atoms with Crippen molar-refractivity contribution in [3.63, 3.8) is 0 Å². The van der Waals surface area contributed by atoms with E-state index >= 15 is 0 Å². The largest absolute Gasteiger partial charge is 0.305 e. The highest BCUT2D eigenvalue weighted by molar-refractivity contribution is 8.00. The van der Waals surface area contributed by atoms with Crippen LogP contribution in [0, 0.1) is 11.6 Å². The van der Waals surface area contributed by atoms with Gasteiger partial charge in [0.2, 0.25) is 5.91 Å². The van der Waals surface area contributed by atoms with E-state index in [-0.39, 0.29) is 5.91 Å². The molecule has 2 heterocycles. The summed E-state index contributed by atoms with van der Waals surface area (Å²) in [5.74, 6) is -1.48. The topological polar surface area (TPSA) is 72.7 Å². The fourth-order valence-corrected chi connectivity index (χ4v) is 4.47. The van der Waals surface area contributed by atoms with Gasteiger partial charge in [-0.3, -0.25) is 4.79 Å². The number of hydrogen-bond donors (Lipinski definition) is 1. The number of rotatable bonds is 6. The van der Waals surface area contributed by atoms with Crippen LogP contribution in [-0.4, -0.2) is 30.9 Å². The molecular weight excluding hydrogens is 476 g/mol. The van der Waals surface area contributed by atoms with Crippen LogP contribution in [0.3, 0.4) is 0 Å². The lowest BCUT2D eigenvalue weighted by molar-refractivity contribution is -0.115. The third-order valence-corrected chi connectivity index (χ3v) is 6.68. The average Bonchev–Trinajstić information content (AvgIpc) is 3.38. The number of nitrogens with one attached hydrogen (secondary N) is 1. The second-order valence-electron chi connectivity index (χ2n) is 6.79. The average molecular weight is 492 g/mol. The minimum absolute atomic E-state index is 0.266. The molecule has 6 nitrogen and oxygen atoms in total. The molecule has 2 aromatic carbocycles. The summed E-state index contributed by atoms with van der Waals surface area (Å²) >= 11 is 8.40. The van der Waals surface area contributed by atoms with Crippen molar-refractivity contribution < 1.29 is 13.6 Å². The van der Waals surface area contributed by atoms with Crippen LogP contribution in [0.1, 0.15) is 6.92 Å². The number of anilines is 1. The molecule has 1 amide bonds. The zero-order valence-electron chi connectivity index (χ0n) is 16.8. The lowest BCUT2D eigenvalue weighted by Gasteiger charge is -2.10. The molecule has 4 aromatic rings. The number of benzene rings is 2. The molecular formula is C21H16ClF2N5OS2. The Morgan fingerprint density at radius 1 is 1.12 bits per heavy atom. The number of aromatic nitrogens is 4. The molecule has 164 valence electrons. The fraction of sp³-hybridized carbons (Fsp3) is 0.143. The molecule has 0 saturated heterocycles. The summed E-state index contributed by atoms with van der Waals surface area (Å²) < 4.78 is 28.4. The predicted octanol–water partition coefficient (Wildman–Crippen LogP) is 5.66. The lowest BCUT2D eigenvalue weighted by Crippen LogP contribution is -2.22. The highest BCUT2D eigenvalue weighted by Gasteiger charge is 2.20. The van der Waals surface area contributed by atoms with Gasteiger partial charge >= 0.3 is 0 Å². The molecule has 0 bridgehead atoms. The number of halogens is 3. The maximum Gasteiger partial charge on any atom is 0.239 e. The van der Waals surface area contributed by atoms with Crippen LogP contribution < -0.4 is 5.32 Å². The molecule has 32 heavy (non-hydrogen) atoms. The van der Waals surface area contributed by atoms with E-state index in [1.807, 2.05) is 23.7 Å². The molecule has 0 aliphatic carbocycles. The minimum atomic E-state index is -0.951. The summed E-state index contributed by atoms with van der Waals surface area (Å²) in [4.78, 5) is 16.9. The molecule has 0 aliphatic heterocycles. The van der Waals surface area contributed by atoms with Crippen LogP contribution in [0.5, 0.6) is 0 Å². The van der Waals surface area contributed by atoms with E-state index in [0.717, 1.165) is 17.7 Å². The Bertz CT molecular complexity index is 1280. The smallest absolute Gasteiger partial charge is 0.239 e. The molecule has 1 unspecified atom stereocenters. The number of thiazole rings is 1. The number of thioether (sulfide) groups is 1. The van der Waals surface area contributed by atoms with E-state index in [9.17, 15) is 13.6 Å². The fourth-order valence-electron chi connectivity index (χ4n) is 2.81. The van der Waals surface area contributed by atoms with Crippen LogP contribution in [0.15, 0.2) is 53.0 Å². The number of nitrogens with zero attached hydrogens (tertiary/aromatic N) is 4. The molecule has 1 N–H and O–H groups in total. The Morgan fingerprint density at radius 2 is 1.84 bits per heavy atom. The van der Waals surface area contributed by atoms with E-state index in [2.05, 4.69) is 20.5 Å². The second-order valence-corrected chi connectivity index (χ2v) is 9.39. The van der Waals surface area contributed by atoms with E-state index < -0.39 is 16.9 Å². The predicted molar refractivity (Wildman–Crippen MR) is 123 cm³/mol. The Morgan fingerprint density at radius 3 is 2.56 bits per heavy atom. The van der Waals surface area contributed by atoms with Gasteiger partial charge in [-0.2, -0.15) is 0 Å². The van der Waals surface area contributed by atoms with Gasteiger partial charge in [0.1, 0.15) is 0 Å². The standard InChI is InChI=1S/C21H16ClF2N5OS2/c1-11(32-21-28-27-18(29(21)2)12-3-6-14(22)7-4-12)19(30)26-20-25-17(10-31-20)13-5-8-15(23)16(24)9-13/h3-11H,1-2H3,(H,25,26,30). The van der Waals surface area contributed by atoms with Crippen molar-refractivity contribution in [2.75, 3.05) is 5.32 Å². The van der Waals surface area contributed by atoms with Crippen LogP contribution in [-0.2, 0) is 11.8 Å². The summed E-state index contributed by atoms with van der Waals surface area (Å²) in [5, 5.41) is 13.9. The van der Waals surface area contributed by atoms with Crippen LogP contribution in [0.2, 0.25) is 5.02 Å².